The second kappa shape index (κ2) is 4.12. The lowest BCUT2D eigenvalue weighted by Gasteiger charge is -2.11. The van der Waals surface area contributed by atoms with Crippen LogP contribution in [0.5, 0.6) is 0 Å². The molecule has 0 aliphatic carbocycles. The molecule has 0 aliphatic heterocycles. The van der Waals surface area contributed by atoms with Crippen molar-refractivity contribution in [2.24, 2.45) is 0 Å². The van der Waals surface area contributed by atoms with Crippen molar-refractivity contribution in [2.75, 3.05) is 5.88 Å². The molecule has 2 heteroatoms. The predicted octanol–water partition coefficient (Wildman–Crippen LogP) is 3.12. The molecule has 0 heterocycles. The Hall–Kier alpha value is 0.247. The highest BCUT2D eigenvalue weighted by Crippen LogP contribution is 2.07. The van der Waals surface area contributed by atoms with E-state index in [9.17, 15) is 0 Å². The van der Waals surface area contributed by atoms with Crippen LogP contribution in [0.15, 0.2) is 12.2 Å². The van der Waals surface area contributed by atoms with E-state index in [2.05, 4.69) is 25.7 Å². The highest BCUT2D eigenvalue weighted by molar-refractivity contribution is 6.76. The summed E-state index contributed by atoms with van der Waals surface area (Å²) < 4.78 is 0. The van der Waals surface area contributed by atoms with Crippen molar-refractivity contribution in [2.45, 2.75) is 25.7 Å². The van der Waals surface area contributed by atoms with E-state index < -0.39 is 8.07 Å². The summed E-state index contributed by atoms with van der Waals surface area (Å²) in [6.45, 7) is 7.06. The molecular formula is C7H15ClSi. The molecule has 0 spiro atoms. The van der Waals surface area contributed by atoms with E-state index in [0.29, 0.717) is 5.88 Å². The molecule has 0 aliphatic rings. The number of hydrogen-bond acceptors (Lipinski definition) is 0. The molecule has 0 bridgehead atoms. The van der Waals surface area contributed by atoms with Crippen molar-refractivity contribution < 1.29 is 0 Å². The van der Waals surface area contributed by atoms with Gasteiger partial charge in [0.1, 0.15) is 0 Å². The summed E-state index contributed by atoms with van der Waals surface area (Å²) >= 11 is 5.46. The second-order valence-corrected chi connectivity index (χ2v) is 9.23. The fourth-order valence-corrected chi connectivity index (χ4v) is 1.50. The Balaban J connectivity index is 3.38. The summed E-state index contributed by atoms with van der Waals surface area (Å²) in [4.78, 5) is 0. The molecule has 0 aromatic carbocycles. The molecule has 0 unspecified atom stereocenters. The van der Waals surface area contributed by atoms with Crippen LogP contribution in [0.25, 0.3) is 0 Å². The number of allylic oxidation sites excluding steroid dienone is 2. The van der Waals surface area contributed by atoms with Crippen LogP contribution in [0.4, 0.5) is 0 Å². The van der Waals surface area contributed by atoms with Crippen molar-refractivity contribution in [3.8, 4) is 0 Å². The standard InChI is InChI=1S/C7H15ClSi/c1-9(2,3)7-5-4-6-8/h4-5H,6-7H2,1-3H3/b5-4-. The van der Waals surface area contributed by atoms with Gasteiger partial charge in [0.05, 0.1) is 0 Å². The lowest BCUT2D eigenvalue weighted by molar-refractivity contribution is 1.49. The first-order chi connectivity index (χ1) is 4.06. The van der Waals surface area contributed by atoms with Crippen LogP contribution in [0.1, 0.15) is 0 Å². The van der Waals surface area contributed by atoms with Gasteiger partial charge < -0.3 is 0 Å². The topological polar surface area (TPSA) is 0 Å². The Kier molecular flexibility index (Phi) is 4.24. The van der Waals surface area contributed by atoms with Crippen LogP contribution >= 0.6 is 11.6 Å². The molecule has 0 N–H and O–H groups in total. The third-order valence-corrected chi connectivity index (χ3v) is 2.62. The molecule has 0 nitrogen and oxygen atoms in total. The van der Waals surface area contributed by atoms with Gasteiger partial charge in [-0.25, -0.2) is 0 Å². The third kappa shape index (κ3) is 8.25. The Morgan fingerprint density at radius 3 is 2.11 bits per heavy atom. The van der Waals surface area contributed by atoms with Gasteiger partial charge in [-0.1, -0.05) is 31.8 Å². The molecule has 0 fully saturated rings. The van der Waals surface area contributed by atoms with Gasteiger partial charge in [0.2, 0.25) is 0 Å². The van der Waals surface area contributed by atoms with Crippen molar-refractivity contribution in [1.82, 2.24) is 0 Å². The monoisotopic (exact) mass is 162 g/mol. The maximum absolute atomic E-state index is 5.46. The van der Waals surface area contributed by atoms with Crippen LogP contribution in [-0.2, 0) is 0 Å². The van der Waals surface area contributed by atoms with E-state index in [1.165, 1.54) is 6.04 Å². The molecule has 0 rings (SSSR count). The summed E-state index contributed by atoms with van der Waals surface area (Å²) in [6, 6.07) is 1.25. The Labute approximate surface area is 63.9 Å². The molecule has 0 atom stereocenters. The number of alkyl halides is 1. The minimum atomic E-state index is -0.840. The molecule has 54 valence electrons. The lowest BCUT2D eigenvalue weighted by atomic mass is 10.6. The highest BCUT2D eigenvalue weighted by atomic mass is 35.5. The molecule has 0 radical (unpaired) electrons. The summed E-state index contributed by atoms with van der Waals surface area (Å²) in [7, 11) is -0.840. The molecule has 0 amide bonds. The van der Waals surface area contributed by atoms with Gasteiger partial charge in [-0.3, -0.25) is 0 Å². The van der Waals surface area contributed by atoms with E-state index in [4.69, 9.17) is 11.6 Å². The molecule has 0 aromatic heterocycles. The number of hydrogen-bond donors (Lipinski definition) is 0. The van der Waals surface area contributed by atoms with E-state index in [1.54, 1.807) is 0 Å². The Morgan fingerprint density at radius 2 is 1.78 bits per heavy atom. The normalized spacial score (nSPS) is 12.9. The summed E-state index contributed by atoms with van der Waals surface area (Å²) in [6.07, 6.45) is 4.22. The van der Waals surface area contributed by atoms with E-state index in [1.807, 2.05) is 6.08 Å². The van der Waals surface area contributed by atoms with E-state index in [-0.39, 0.29) is 0 Å². The van der Waals surface area contributed by atoms with Crippen LogP contribution in [0.3, 0.4) is 0 Å². The molecule has 9 heavy (non-hydrogen) atoms. The van der Waals surface area contributed by atoms with Crippen LogP contribution in [0, 0.1) is 0 Å². The Morgan fingerprint density at radius 1 is 1.22 bits per heavy atom. The van der Waals surface area contributed by atoms with Crippen LogP contribution in [0.2, 0.25) is 25.7 Å². The van der Waals surface area contributed by atoms with Crippen molar-refractivity contribution >= 4 is 19.7 Å². The van der Waals surface area contributed by atoms with Crippen molar-refractivity contribution in [3.05, 3.63) is 12.2 Å². The minimum absolute atomic E-state index is 0.657. The fourth-order valence-electron chi connectivity index (χ4n) is 0.500. The first kappa shape index (κ1) is 9.25. The van der Waals surface area contributed by atoms with Gasteiger partial charge >= 0.3 is 0 Å². The van der Waals surface area contributed by atoms with Gasteiger partial charge in [-0.15, -0.1) is 11.6 Å². The largest absolute Gasteiger partial charge is 0.122 e. The zero-order valence-electron chi connectivity index (χ0n) is 6.45. The lowest BCUT2D eigenvalue weighted by Crippen LogP contribution is -2.17. The van der Waals surface area contributed by atoms with Gasteiger partial charge in [0, 0.05) is 14.0 Å². The summed E-state index contributed by atoms with van der Waals surface area (Å²) in [5.74, 6) is 0.657. The summed E-state index contributed by atoms with van der Waals surface area (Å²) in [5, 5.41) is 0. The maximum Gasteiger partial charge on any atom is 0.0480 e. The van der Waals surface area contributed by atoms with Gasteiger partial charge in [0.25, 0.3) is 0 Å². The average Bonchev–Trinajstić information content (AvgIpc) is 1.63. The van der Waals surface area contributed by atoms with Crippen LogP contribution < -0.4 is 0 Å². The van der Waals surface area contributed by atoms with E-state index in [0.717, 1.165) is 0 Å². The van der Waals surface area contributed by atoms with Gasteiger partial charge in [-0.2, -0.15) is 0 Å². The highest BCUT2D eigenvalue weighted by Gasteiger charge is 2.08. The first-order valence-electron chi connectivity index (χ1n) is 3.27. The van der Waals surface area contributed by atoms with E-state index >= 15 is 0 Å². The summed E-state index contributed by atoms with van der Waals surface area (Å²) in [5.41, 5.74) is 0. The van der Waals surface area contributed by atoms with Crippen molar-refractivity contribution in [1.29, 1.82) is 0 Å². The second-order valence-electron chi connectivity index (χ2n) is 3.39. The SMILES string of the molecule is C[Si](C)(C)C/C=C\CCl. The van der Waals surface area contributed by atoms with Crippen LogP contribution in [-0.4, -0.2) is 14.0 Å². The zero-order valence-corrected chi connectivity index (χ0v) is 8.20. The minimum Gasteiger partial charge on any atom is -0.122 e. The third-order valence-electron chi connectivity index (χ3n) is 0.986. The predicted molar refractivity (Wildman–Crippen MR) is 48.0 cm³/mol. The maximum atomic E-state index is 5.46. The quantitative estimate of drug-likeness (QED) is 0.340. The van der Waals surface area contributed by atoms with Crippen molar-refractivity contribution in [3.63, 3.8) is 0 Å². The number of halogens is 1. The Bertz CT molecular complexity index is 91.6. The smallest absolute Gasteiger partial charge is 0.0480 e. The number of rotatable bonds is 3. The fraction of sp³-hybridized carbons (Fsp3) is 0.714. The average molecular weight is 163 g/mol. The zero-order chi connectivity index (χ0) is 7.33. The first-order valence-corrected chi connectivity index (χ1v) is 7.51. The van der Waals surface area contributed by atoms with Gasteiger partial charge in [0.15, 0.2) is 0 Å². The molecular weight excluding hydrogens is 148 g/mol. The van der Waals surface area contributed by atoms with Gasteiger partial charge in [-0.05, 0) is 6.04 Å². The molecule has 0 saturated carbocycles. The molecule has 0 saturated heterocycles. The molecule has 0 aromatic rings.